The molecule has 0 atom stereocenters. The SMILES string of the molecule is c1ccc(-c2ccc(-c3cccc4ccccc34)cc2N(c2ccccc2-c2cccc3c2sc2ccccc23)c2cccc3oc4ccccc4c23)cc1. The van der Waals surface area contributed by atoms with E-state index < -0.39 is 0 Å². The first-order valence-electron chi connectivity index (χ1n) is 18.7. The minimum Gasteiger partial charge on any atom is -0.456 e. The number of para-hydroxylation sites is 2. The van der Waals surface area contributed by atoms with Gasteiger partial charge in [-0.25, -0.2) is 0 Å². The largest absolute Gasteiger partial charge is 0.456 e. The summed E-state index contributed by atoms with van der Waals surface area (Å²) in [6.45, 7) is 0. The Morgan fingerprint density at radius 2 is 1.00 bits per heavy atom. The van der Waals surface area contributed by atoms with Gasteiger partial charge in [-0.3, -0.25) is 0 Å². The third-order valence-electron chi connectivity index (χ3n) is 10.9. The van der Waals surface area contributed by atoms with E-state index in [4.69, 9.17) is 4.42 Å². The second kappa shape index (κ2) is 12.9. The monoisotopic (exact) mass is 719 g/mol. The quantitative estimate of drug-likeness (QED) is 0.170. The summed E-state index contributed by atoms with van der Waals surface area (Å²) in [6, 6.07) is 72.3. The summed E-state index contributed by atoms with van der Waals surface area (Å²) in [5, 5.41) is 7.21. The third kappa shape index (κ3) is 5.16. The van der Waals surface area contributed by atoms with Crippen LogP contribution in [0, 0.1) is 0 Å². The molecular formula is C52H33NOS. The van der Waals surface area contributed by atoms with Crippen LogP contribution in [0.15, 0.2) is 205 Å². The molecule has 0 aliphatic carbocycles. The molecule has 2 heterocycles. The predicted molar refractivity (Wildman–Crippen MR) is 235 cm³/mol. The van der Waals surface area contributed by atoms with Gasteiger partial charge in [-0.15, -0.1) is 11.3 Å². The van der Waals surface area contributed by atoms with E-state index in [1.165, 1.54) is 47.6 Å². The standard InChI is InChI=1S/C52H33NOS/c1-2-15-35(16-3-1)39-32-31-36(38-23-12-18-34-17-4-5-19-37(34)38)33-47(39)53(46-27-14-29-49-51(46)44-22-7-10-28-48(44)54-49)45-26-9-6-20-40(45)42-24-13-25-43-41-21-8-11-30-50(41)55-52(42)43/h1-33H. The zero-order chi connectivity index (χ0) is 36.3. The van der Waals surface area contributed by atoms with Gasteiger partial charge < -0.3 is 9.32 Å². The molecule has 0 aliphatic rings. The highest BCUT2D eigenvalue weighted by Gasteiger charge is 2.26. The fourth-order valence-corrected chi connectivity index (χ4v) is 9.64. The van der Waals surface area contributed by atoms with E-state index >= 15 is 0 Å². The summed E-state index contributed by atoms with van der Waals surface area (Å²) in [5.74, 6) is 0. The van der Waals surface area contributed by atoms with Crippen LogP contribution in [0.4, 0.5) is 17.1 Å². The Kier molecular flexibility index (Phi) is 7.39. The molecule has 0 fully saturated rings. The molecule has 0 radical (unpaired) electrons. The fourth-order valence-electron chi connectivity index (χ4n) is 8.41. The maximum atomic E-state index is 6.55. The molecule has 3 heteroatoms. The van der Waals surface area contributed by atoms with Crippen molar-refractivity contribution in [3.8, 4) is 33.4 Å². The van der Waals surface area contributed by atoms with Crippen molar-refractivity contribution in [2.45, 2.75) is 0 Å². The molecule has 11 rings (SSSR count). The third-order valence-corrected chi connectivity index (χ3v) is 12.1. The van der Waals surface area contributed by atoms with E-state index in [1.54, 1.807) is 0 Å². The Labute approximate surface area is 322 Å². The number of nitrogens with zero attached hydrogens (tertiary/aromatic N) is 1. The Morgan fingerprint density at radius 3 is 1.93 bits per heavy atom. The minimum absolute atomic E-state index is 0.860. The van der Waals surface area contributed by atoms with Crippen LogP contribution < -0.4 is 4.90 Å². The van der Waals surface area contributed by atoms with Gasteiger partial charge in [-0.1, -0.05) is 164 Å². The average molecular weight is 720 g/mol. The van der Waals surface area contributed by atoms with Gasteiger partial charge in [0.1, 0.15) is 11.2 Å². The van der Waals surface area contributed by atoms with E-state index in [0.717, 1.165) is 55.7 Å². The second-order valence-corrected chi connectivity index (χ2v) is 15.1. The lowest BCUT2D eigenvalue weighted by Crippen LogP contribution is -2.13. The molecule has 0 spiro atoms. The molecule has 55 heavy (non-hydrogen) atoms. The van der Waals surface area contributed by atoms with Crippen LogP contribution >= 0.6 is 11.3 Å². The number of anilines is 3. The van der Waals surface area contributed by atoms with Crippen LogP contribution in [0.1, 0.15) is 0 Å². The van der Waals surface area contributed by atoms with Gasteiger partial charge in [-0.05, 0) is 63.9 Å². The number of thiophene rings is 1. The van der Waals surface area contributed by atoms with Crippen molar-refractivity contribution < 1.29 is 4.42 Å². The molecule has 2 aromatic heterocycles. The lowest BCUT2D eigenvalue weighted by molar-refractivity contribution is 0.669. The molecule has 0 bridgehead atoms. The summed E-state index contributed by atoms with van der Waals surface area (Å²) in [6.07, 6.45) is 0. The van der Waals surface area contributed by atoms with Crippen LogP contribution in [-0.2, 0) is 0 Å². The molecule has 11 aromatic rings. The number of rotatable bonds is 6. The van der Waals surface area contributed by atoms with Crippen molar-refractivity contribution >= 4 is 81.3 Å². The second-order valence-electron chi connectivity index (χ2n) is 14.0. The van der Waals surface area contributed by atoms with Crippen molar-refractivity contribution in [3.05, 3.63) is 200 Å². The Morgan fingerprint density at radius 1 is 0.364 bits per heavy atom. The van der Waals surface area contributed by atoms with Crippen LogP contribution in [0.25, 0.3) is 86.3 Å². The van der Waals surface area contributed by atoms with Gasteiger partial charge in [-0.2, -0.15) is 0 Å². The van der Waals surface area contributed by atoms with Gasteiger partial charge in [0.05, 0.1) is 22.4 Å². The van der Waals surface area contributed by atoms with Gasteiger partial charge in [0.2, 0.25) is 0 Å². The van der Waals surface area contributed by atoms with E-state index in [9.17, 15) is 0 Å². The van der Waals surface area contributed by atoms with Crippen LogP contribution in [-0.4, -0.2) is 0 Å². The first-order valence-corrected chi connectivity index (χ1v) is 19.5. The summed E-state index contributed by atoms with van der Waals surface area (Å²) in [4.78, 5) is 2.49. The number of benzene rings is 9. The maximum absolute atomic E-state index is 6.55. The van der Waals surface area contributed by atoms with Crippen LogP contribution in [0.2, 0.25) is 0 Å². The summed E-state index contributed by atoms with van der Waals surface area (Å²) < 4.78 is 9.13. The van der Waals surface area contributed by atoms with E-state index in [1.807, 2.05) is 17.4 Å². The van der Waals surface area contributed by atoms with Crippen molar-refractivity contribution in [2.75, 3.05) is 4.90 Å². The number of hydrogen-bond acceptors (Lipinski definition) is 3. The number of furan rings is 1. The fraction of sp³-hybridized carbons (Fsp3) is 0. The molecule has 2 nitrogen and oxygen atoms in total. The minimum atomic E-state index is 0.860. The zero-order valence-corrected chi connectivity index (χ0v) is 30.6. The molecule has 0 amide bonds. The summed E-state index contributed by atoms with van der Waals surface area (Å²) >= 11 is 1.87. The van der Waals surface area contributed by atoms with Gasteiger partial charge in [0.15, 0.2) is 0 Å². The normalized spacial score (nSPS) is 11.6. The topological polar surface area (TPSA) is 16.4 Å². The summed E-state index contributed by atoms with van der Waals surface area (Å²) in [7, 11) is 0. The van der Waals surface area contributed by atoms with Crippen molar-refractivity contribution in [2.24, 2.45) is 0 Å². The van der Waals surface area contributed by atoms with E-state index in [2.05, 4.69) is 199 Å². The smallest absolute Gasteiger partial charge is 0.137 e. The first kappa shape index (κ1) is 31.6. The average Bonchev–Trinajstić information content (AvgIpc) is 3.83. The Balaban J connectivity index is 1.26. The molecule has 0 saturated carbocycles. The molecule has 258 valence electrons. The molecule has 9 aromatic carbocycles. The summed E-state index contributed by atoms with van der Waals surface area (Å²) in [5.41, 5.74) is 12.0. The van der Waals surface area contributed by atoms with Gasteiger partial charge in [0.25, 0.3) is 0 Å². The molecule has 0 N–H and O–H groups in total. The Hall–Kier alpha value is -6.94. The van der Waals surface area contributed by atoms with Crippen LogP contribution in [0.3, 0.4) is 0 Å². The lowest BCUT2D eigenvalue weighted by atomic mass is 9.93. The number of fused-ring (bicyclic) bond motifs is 7. The zero-order valence-electron chi connectivity index (χ0n) is 29.8. The highest BCUT2D eigenvalue weighted by atomic mass is 32.1. The predicted octanol–water partition coefficient (Wildman–Crippen LogP) is 15.6. The molecule has 0 aliphatic heterocycles. The highest BCUT2D eigenvalue weighted by molar-refractivity contribution is 7.26. The van der Waals surface area contributed by atoms with E-state index in [-0.39, 0.29) is 0 Å². The number of hydrogen-bond donors (Lipinski definition) is 0. The van der Waals surface area contributed by atoms with E-state index in [0.29, 0.717) is 0 Å². The maximum Gasteiger partial charge on any atom is 0.137 e. The van der Waals surface area contributed by atoms with Crippen LogP contribution in [0.5, 0.6) is 0 Å². The van der Waals surface area contributed by atoms with Gasteiger partial charge >= 0.3 is 0 Å². The van der Waals surface area contributed by atoms with Gasteiger partial charge in [0, 0.05) is 42.2 Å². The lowest BCUT2D eigenvalue weighted by Gasteiger charge is -2.31. The molecule has 0 unspecified atom stereocenters. The van der Waals surface area contributed by atoms with Crippen molar-refractivity contribution in [1.82, 2.24) is 0 Å². The molecule has 0 saturated heterocycles. The Bertz CT molecular complexity index is 3220. The first-order chi connectivity index (χ1) is 27.3. The van der Waals surface area contributed by atoms with Crippen molar-refractivity contribution in [1.29, 1.82) is 0 Å². The molecular weight excluding hydrogens is 687 g/mol. The van der Waals surface area contributed by atoms with Crippen molar-refractivity contribution in [3.63, 3.8) is 0 Å². The highest BCUT2D eigenvalue weighted by Crippen LogP contribution is 2.51.